The van der Waals surface area contributed by atoms with Gasteiger partial charge in [0.15, 0.2) is 0 Å². The van der Waals surface area contributed by atoms with E-state index < -0.39 is 18.1 Å². The predicted octanol–water partition coefficient (Wildman–Crippen LogP) is 3.80. The van der Waals surface area contributed by atoms with Crippen LogP contribution in [0.5, 0.6) is 0 Å². The summed E-state index contributed by atoms with van der Waals surface area (Å²) in [7, 11) is 1.30. The summed E-state index contributed by atoms with van der Waals surface area (Å²) in [6, 6.07) is 24.9. The lowest BCUT2D eigenvalue weighted by Crippen LogP contribution is -2.46. The van der Waals surface area contributed by atoms with Gasteiger partial charge in [-0.1, -0.05) is 66.7 Å². The first-order valence-corrected chi connectivity index (χ1v) is 11.9. The molecule has 0 aliphatic carbocycles. The van der Waals surface area contributed by atoms with E-state index >= 15 is 0 Å². The number of rotatable bonds is 10. The highest BCUT2D eigenvalue weighted by Gasteiger charge is 2.25. The van der Waals surface area contributed by atoms with Crippen molar-refractivity contribution in [3.05, 3.63) is 108 Å². The molecule has 0 saturated carbocycles. The molecule has 4 aromatic rings. The first-order chi connectivity index (χ1) is 17.5. The number of amides is 2. The Morgan fingerprint density at radius 2 is 1.50 bits per heavy atom. The standard InChI is InChI=1S/C29H29N3O4/c1-36-29(35)26(16-20-10-4-2-5-11-20)32-27(33)18-23(31-28(34)21-12-6-3-7-13-21)17-22-19-30-25-15-9-8-14-24(22)25/h2-15,19,23,26,30H,16-18H2,1H3,(H,31,34)(H,32,33)/t23-,26+/m0/s1. The Labute approximate surface area is 209 Å². The largest absolute Gasteiger partial charge is 0.467 e. The van der Waals surface area contributed by atoms with Crippen molar-refractivity contribution in [1.82, 2.24) is 15.6 Å². The fraction of sp³-hybridized carbons (Fsp3) is 0.207. The second-order valence-corrected chi connectivity index (χ2v) is 8.64. The van der Waals surface area contributed by atoms with Crippen LogP contribution in [-0.4, -0.2) is 42.0 Å². The highest BCUT2D eigenvalue weighted by atomic mass is 16.5. The van der Waals surface area contributed by atoms with Crippen molar-refractivity contribution in [3.8, 4) is 0 Å². The lowest BCUT2D eigenvalue weighted by atomic mass is 10.0. The molecule has 3 N–H and O–H groups in total. The van der Waals surface area contributed by atoms with Crippen LogP contribution in [0.1, 0.15) is 27.9 Å². The van der Waals surface area contributed by atoms with Crippen molar-refractivity contribution in [3.63, 3.8) is 0 Å². The summed E-state index contributed by atoms with van der Waals surface area (Å²) < 4.78 is 4.92. The molecule has 2 atom stereocenters. The van der Waals surface area contributed by atoms with E-state index in [2.05, 4.69) is 15.6 Å². The number of benzene rings is 3. The number of aromatic nitrogens is 1. The van der Waals surface area contributed by atoms with Gasteiger partial charge in [-0.3, -0.25) is 9.59 Å². The number of H-pyrrole nitrogens is 1. The molecular weight excluding hydrogens is 454 g/mol. The van der Waals surface area contributed by atoms with Crippen molar-refractivity contribution in [2.24, 2.45) is 0 Å². The second-order valence-electron chi connectivity index (χ2n) is 8.64. The van der Waals surface area contributed by atoms with E-state index in [1.54, 1.807) is 24.3 Å². The van der Waals surface area contributed by atoms with Crippen molar-refractivity contribution < 1.29 is 19.1 Å². The fourth-order valence-electron chi connectivity index (χ4n) is 4.26. The highest BCUT2D eigenvalue weighted by molar-refractivity contribution is 5.95. The zero-order chi connectivity index (χ0) is 25.3. The molecule has 4 rings (SSSR count). The van der Waals surface area contributed by atoms with E-state index in [1.165, 1.54) is 7.11 Å². The molecule has 0 saturated heterocycles. The third kappa shape index (κ3) is 6.39. The quantitative estimate of drug-likeness (QED) is 0.299. The molecule has 0 unspecified atom stereocenters. The maximum Gasteiger partial charge on any atom is 0.328 e. The van der Waals surface area contributed by atoms with Gasteiger partial charge in [-0.15, -0.1) is 0 Å². The Balaban J connectivity index is 1.51. The smallest absolute Gasteiger partial charge is 0.328 e. The molecule has 7 heteroatoms. The molecule has 0 radical (unpaired) electrons. The molecular formula is C29H29N3O4. The molecule has 1 heterocycles. The number of hydrogen-bond acceptors (Lipinski definition) is 4. The normalized spacial score (nSPS) is 12.5. The van der Waals surface area contributed by atoms with E-state index in [-0.39, 0.29) is 18.2 Å². The van der Waals surface area contributed by atoms with E-state index in [0.29, 0.717) is 18.4 Å². The van der Waals surface area contributed by atoms with Gasteiger partial charge in [0.1, 0.15) is 6.04 Å². The number of esters is 1. The number of aromatic amines is 1. The summed E-state index contributed by atoms with van der Waals surface area (Å²) in [4.78, 5) is 41.7. The number of para-hydroxylation sites is 1. The molecule has 7 nitrogen and oxygen atoms in total. The number of carbonyl (C=O) groups is 3. The molecule has 0 aliphatic heterocycles. The zero-order valence-corrected chi connectivity index (χ0v) is 20.1. The number of ether oxygens (including phenoxy) is 1. The van der Waals surface area contributed by atoms with Crippen molar-refractivity contribution >= 4 is 28.7 Å². The Bertz CT molecular complexity index is 1320. The average Bonchev–Trinajstić information content (AvgIpc) is 3.31. The van der Waals surface area contributed by atoms with Gasteiger partial charge in [-0.05, 0) is 35.7 Å². The van der Waals surface area contributed by atoms with Crippen LogP contribution in [0.3, 0.4) is 0 Å². The summed E-state index contributed by atoms with van der Waals surface area (Å²) in [5.41, 5.74) is 3.39. The van der Waals surface area contributed by atoms with Crippen LogP contribution >= 0.6 is 0 Å². The van der Waals surface area contributed by atoms with Crippen LogP contribution < -0.4 is 10.6 Å². The van der Waals surface area contributed by atoms with E-state index in [1.807, 2.05) is 66.9 Å². The molecule has 36 heavy (non-hydrogen) atoms. The minimum absolute atomic E-state index is 0.000362. The van der Waals surface area contributed by atoms with Crippen LogP contribution in [0.15, 0.2) is 91.1 Å². The Kier molecular flexibility index (Phi) is 8.13. The third-order valence-electron chi connectivity index (χ3n) is 6.05. The van der Waals surface area contributed by atoms with Gasteiger partial charge in [0.25, 0.3) is 5.91 Å². The Morgan fingerprint density at radius 1 is 0.833 bits per heavy atom. The lowest BCUT2D eigenvalue weighted by molar-refractivity contribution is -0.145. The van der Waals surface area contributed by atoms with Crippen LogP contribution in [0, 0.1) is 0 Å². The number of carbonyl (C=O) groups excluding carboxylic acids is 3. The zero-order valence-electron chi connectivity index (χ0n) is 20.1. The molecule has 0 bridgehead atoms. The van der Waals surface area contributed by atoms with Crippen molar-refractivity contribution in [1.29, 1.82) is 0 Å². The molecule has 1 aromatic heterocycles. The molecule has 2 amide bonds. The van der Waals surface area contributed by atoms with Crippen LogP contribution in [0.2, 0.25) is 0 Å². The molecule has 0 spiro atoms. The lowest BCUT2D eigenvalue weighted by Gasteiger charge is -2.21. The summed E-state index contributed by atoms with van der Waals surface area (Å²) in [6.07, 6.45) is 2.65. The van der Waals surface area contributed by atoms with E-state index in [0.717, 1.165) is 22.0 Å². The third-order valence-corrected chi connectivity index (χ3v) is 6.05. The van der Waals surface area contributed by atoms with E-state index in [4.69, 9.17) is 4.74 Å². The minimum atomic E-state index is -0.830. The highest BCUT2D eigenvalue weighted by Crippen LogP contribution is 2.20. The van der Waals surface area contributed by atoms with Gasteiger partial charge in [0.05, 0.1) is 7.11 Å². The topological polar surface area (TPSA) is 100 Å². The minimum Gasteiger partial charge on any atom is -0.467 e. The Hall–Kier alpha value is -4.39. The summed E-state index contributed by atoms with van der Waals surface area (Å²) in [5, 5.41) is 6.84. The maximum absolute atomic E-state index is 13.1. The van der Waals surface area contributed by atoms with Crippen molar-refractivity contribution in [2.75, 3.05) is 7.11 Å². The SMILES string of the molecule is COC(=O)[C@@H](Cc1ccccc1)NC(=O)C[C@H](Cc1c[nH]c2ccccc12)NC(=O)c1ccccc1. The second kappa shape index (κ2) is 11.8. The van der Waals surface area contributed by atoms with Crippen molar-refractivity contribution in [2.45, 2.75) is 31.3 Å². The fourth-order valence-corrected chi connectivity index (χ4v) is 4.26. The van der Waals surface area contributed by atoms with Gasteiger partial charge in [0, 0.05) is 41.5 Å². The van der Waals surface area contributed by atoms with Gasteiger partial charge < -0.3 is 20.4 Å². The summed E-state index contributed by atoms with van der Waals surface area (Å²) in [6.45, 7) is 0. The Morgan fingerprint density at radius 3 is 2.22 bits per heavy atom. The number of nitrogens with one attached hydrogen (secondary N) is 3. The van der Waals surface area contributed by atoms with Crippen LogP contribution in [0.4, 0.5) is 0 Å². The predicted molar refractivity (Wildman–Crippen MR) is 138 cm³/mol. The van der Waals surface area contributed by atoms with Gasteiger partial charge in [-0.25, -0.2) is 4.79 Å². The van der Waals surface area contributed by atoms with Gasteiger partial charge in [0.2, 0.25) is 5.91 Å². The molecule has 0 fully saturated rings. The van der Waals surface area contributed by atoms with Gasteiger partial charge >= 0.3 is 5.97 Å². The molecule has 184 valence electrons. The van der Waals surface area contributed by atoms with Gasteiger partial charge in [-0.2, -0.15) is 0 Å². The average molecular weight is 484 g/mol. The number of methoxy groups -OCH3 is 1. The monoisotopic (exact) mass is 483 g/mol. The molecule has 3 aromatic carbocycles. The summed E-state index contributed by atoms with van der Waals surface area (Å²) in [5.74, 6) is -1.13. The summed E-state index contributed by atoms with van der Waals surface area (Å²) >= 11 is 0. The number of hydrogen-bond donors (Lipinski definition) is 3. The van der Waals surface area contributed by atoms with E-state index in [9.17, 15) is 14.4 Å². The molecule has 0 aliphatic rings. The van der Waals surface area contributed by atoms with Crippen LogP contribution in [-0.2, 0) is 27.2 Å². The maximum atomic E-state index is 13.1. The number of fused-ring (bicyclic) bond motifs is 1. The van der Waals surface area contributed by atoms with Crippen LogP contribution in [0.25, 0.3) is 10.9 Å². The first kappa shape index (κ1) is 24.7. The first-order valence-electron chi connectivity index (χ1n) is 11.9.